The van der Waals surface area contributed by atoms with Gasteiger partial charge in [0.25, 0.3) is 5.91 Å². The van der Waals surface area contributed by atoms with Crippen molar-refractivity contribution in [2.24, 2.45) is 7.05 Å². The molecule has 1 heterocycles. The summed E-state index contributed by atoms with van der Waals surface area (Å²) in [6.07, 6.45) is 0.732. The average Bonchev–Trinajstić information content (AvgIpc) is 2.93. The van der Waals surface area contributed by atoms with Gasteiger partial charge in [-0.05, 0) is 43.5 Å². The van der Waals surface area contributed by atoms with Gasteiger partial charge < -0.3 is 19.9 Å². The number of carboxylic acids is 1. The van der Waals surface area contributed by atoms with Crippen LogP contribution in [0.3, 0.4) is 0 Å². The number of benzene rings is 1. The number of nitrogens with one attached hydrogen (secondary N) is 1. The lowest BCUT2D eigenvalue weighted by Crippen LogP contribution is -2.24. The summed E-state index contributed by atoms with van der Waals surface area (Å²) >= 11 is 0. The number of hydrogen-bond acceptors (Lipinski definition) is 5. The number of amides is 1. The van der Waals surface area contributed by atoms with Gasteiger partial charge in [0.2, 0.25) is 5.88 Å². The molecule has 0 atom stereocenters. The van der Waals surface area contributed by atoms with E-state index < -0.39 is 12.6 Å². The summed E-state index contributed by atoms with van der Waals surface area (Å²) < 4.78 is 12.3. The largest absolute Gasteiger partial charge is 0.481 e. The van der Waals surface area contributed by atoms with Crippen molar-refractivity contribution in [3.05, 3.63) is 40.1 Å². The minimum absolute atomic E-state index is 0.237. The summed E-state index contributed by atoms with van der Waals surface area (Å²) in [6, 6.07) is 3.36. The number of carboxylic acid groups (broad SMARTS) is 1. The van der Waals surface area contributed by atoms with Crippen molar-refractivity contribution in [2.45, 2.75) is 33.7 Å². The van der Waals surface area contributed by atoms with Crippen molar-refractivity contribution >= 4 is 11.9 Å². The Hall–Kier alpha value is -3.03. The molecule has 0 radical (unpaired) electrons. The first-order valence-electron chi connectivity index (χ1n) is 8.61. The van der Waals surface area contributed by atoms with E-state index in [4.69, 9.17) is 14.6 Å². The lowest BCUT2D eigenvalue weighted by Gasteiger charge is -2.13. The van der Waals surface area contributed by atoms with Crippen LogP contribution in [0.1, 0.15) is 39.7 Å². The Morgan fingerprint density at radius 1 is 1.26 bits per heavy atom. The Morgan fingerprint density at radius 2 is 1.89 bits per heavy atom. The molecule has 0 aliphatic carbocycles. The maximum atomic E-state index is 12.6. The highest BCUT2D eigenvalue weighted by Gasteiger charge is 2.18. The fraction of sp³-hybridized carbons (Fsp3) is 0.421. The Labute approximate surface area is 158 Å². The van der Waals surface area contributed by atoms with E-state index in [1.807, 2.05) is 6.92 Å². The number of aromatic nitrogens is 2. The van der Waals surface area contributed by atoms with Gasteiger partial charge >= 0.3 is 5.97 Å². The van der Waals surface area contributed by atoms with E-state index in [0.717, 1.165) is 17.7 Å². The Morgan fingerprint density at radius 3 is 2.41 bits per heavy atom. The number of aliphatic carboxylic acids is 1. The molecule has 0 saturated heterocycles. The number of ether oxygens (including phenoxy) is 2. The highest BCUT2D eigenvalue weighted by molar-refractivity contribution is 5.95. The summed E-state index contributed by atoms with van der Waals surface area (Å²) in [4.78, 5) is 23.3. The average molecular weight is 375 g/mol. The van der Waals surface area contributed by atoms with E-state index in [-0.39, 0.29) is 5.91 Å². The van der Waals surface area contributed by atoms with Crippen molar-refractivity contribution in [1.82, 2.24) is 15.1 Å². The highest BCUT2D eigenvalue weighted by Crippen LogP contribution is 2.25. The molecule has 27 heavy (non-hydrogen) atoms. The van der Waals surface area contributed by atoms with E-state index in [2.05, 4.69) is 10.4 Å². The third-order valence-electron chi connectivity index (χ3n) is 4.19. The van der Waals surface area contributed by atoms with Crippen LogP contribution in [0.15, 0.2) is 12.1 Å². The molecule has 0 aliphatic rings. The van der Waals surface area contributed by atoms with E-state index in [1.165, 1.54) is 0 Å². The van der Waals surface area contributed by atoms with E-state index >= 15 is 0 Å². The van der Waals surface area contributed by atoms with E-state index in [9.17, 15) is 9.59 Å². The van der Waals surface area contributed by atoms with Crippen molar-refractivity contribution in [3.63, 3.8) is 0 Å². The van der Waals surface area contributed by atoms with Crippen molar-refractivity contribution in [1.29, 1.82) is 0 Å². The predicted octanol–water partition coefficient (Wildman–Crippen LogP) is 2.00. The molecule has 1 aromatic heterocycles. The monoisotopic (exact) mass is 375 g/mol. The minimum atomic E-state index is -1.05. The Balaban J connectivity index is 2.16. The van der Waals surface area contributed by atoms with Crippen LogP contribution < -0.4 is 14.8 Å². The summed E-state index contributed by atoms with van der Waals surface area (Å²) in [6.45, 7) is 5.43. The topological polar surface area (TPSA) is 103 Å². The quantitative estimate of drug-likeness (QED) is 0.732. The second-order valence-electron chi connectivity index (χ2n) is 6.22. The number of hydrogen-bond donors (Lipinski definition) is 2. The summed E-state index contributed by atoms with van der Waals surface area (Å²) in [7, 11) is 3.37. The molecule has 2 rings (SSSR count). The summed E-state index contributed by atoms with van der Waals surface area (Å²) in [5.41, 5.74) is 3.61. The van der Waals surface area contributed by atoms with Gasteiger partial charge in [-0.15, -0.1) is 0 Å². The maximum absolute atomic E-state index is 12.6. The first kappa shape index (κ1) is 20.3. The van der Waals surface area contributed by atoms with Crippen molar-refractivity contribution < 1.29 is 24.2 Å². The van der Waals surface area contributed by atoms with Crippen LogP contribution in [0.25, 0.3) is 0 Å². The molecule has 0 unspecified atom stereocenters. The Kier molecular flexibility index (Phi) is 6.44. The first-order chi connectivity index (χ1) is 12.8. The zero-order chi connectivity index (χ0) is 20.1. The number of aryl methyl sites for hydroxylation is 4. The van der Waals surface area contributed by atoms with Gasteiger partial charge in [0, 0.05) is 12.6 Å². The zero-order valence-electron chi connectivity index (χ0n) is 16.3. The summed E-state index contributed by atoms with van der Waals surface area (Å²) in [5, 5.41) is 16.1. The van der Waals surface area contributed by atoms with Gasteiger partial charge in [-0.3, -0.25) is 4.79 Å². The van der Waals surface area contributed by atoms with Gasteiger partial charge in [0.1, 0.15) is 5.75 Å². The molecule has 0 aliphatic heterocycles. The predicted molar refractivity (Wildman–Crippen MR) is 99.4 cm³/mol. The van der Waals surface area contributed by atoms with Crippen LogP contribution in [-0.2, 0) is 24.8 Å². The molecule has 8 nitrogen and oxygen atoms in total. The van der Waals surface area contributed by atoms with Gasteiger partial charge in [-0.25, -0.2) is 9.48 Å². The maximum Gasteiger partial charge on any atom is 0.341 e. The third-order valence-corrected chi connectivity index (χ3v) is 4.19. The van der Waals surface area contributed by atoms with Gasteiger partial charge in [0.05, 0.1) is 24.9 Å². The lowest BCUT2D eigenvalue weighted by atomic mass is 10.0. The third kappa shape index (κ3) is 4.58. The molecule has 0 fully saturated rings. The highest BCUT2D eigenvalue weighted by atomic mass is 16.5. The molecule has 0 bridgehead atoms. The Bertz CT molecular complexity index is 834. The van der Waals surface area contributed by atoms with Crippen LogP contribution in [0.2, 0.25) is 0 Å². The molecular weight excluding hydrogens is 350 g/mol. The number of methoxy groups -OCH3 is 1. The molecule has 0 saturated carbocycles. The molecule has 1 amide bonds. The summed E-state index contributed by atoms with van der Waals surface area (Å²) in [5.74, 6) is -0.181. The number of rotatable bonds is 8. The number of carbonyl (C=O) groups excluding carboxylic acids is 1. The molecular formula is C19H25N3O5. The van der Waals surface area contributed by atoms with Crippen LogP contribution >= 0.6 is 0 Å². The zero-order valence-corrected chi connectivity index (χ0v) is 16.3. The normalized spacial score (nSPS) is 10.6. The van der Waals surface area contributed by atoms with Gasteiger partial charge in [0.15, 0.2) is 6.61 Å². The van der Waals surface area contributed by atoms with Gasteiger partial charge in [-0.2, -0.15) is 5.10 Å². The van der Waals surface area contributed by atoms with Crippen LogP contribution in [0.4, 0.5) is 0 Å². The van der Waals surface area contributed by atoms with Crippen LogP contribution in [0, 0.1) is 13.8 Å². The molecule has 8 heteroatoms. The fourth-order valence-electron chi connectivity index (χ4n) is 3.04. The minimum Gasteiger partial charge on any atom is -0.481 e. The standard InChI is InChI=1S/C19H25N3O5/c1-6-15-14(19(26-5)22(4)21-15)9-20-18(25)13-7-11(2)17(12(3)8-13)27-10-16(23)24/h7-8H,6,9-10H2,1-5H3,(H,20,25)(H,23,24). The lowest BCUT2D eigenvalue weighted by molar-refractivity contribution is -0.139. The second kappa shape index (κ2) is 8.57. The molecule has 146 valence electrons. The van der Waals surface area contributed by atoms with Crippen LogP contribution in [-0.4, -0.2) is 40.5 Å². The number of nitrogens with zero attached hydrogens (tertiary/aromatic N) is 2. The van der Waals surface area contributed by atoms with Crippen LogP contribution in [0.5, 0.6) is 11.6 Å². The first-order valence-corrected chi connectivity index (χ1v) is 8.61. The van der Waals surface area contributed by atoms with E-state index in [1.54, 1.807) is 44.8 Å². The molecule has 1 aromatic carbocycles. The number of carbonyl (C=O) groups is 2. The molecule has 2 aromatic rings. The smallest absolute Gasteiger partial charge is 0.341 e. The molecule has 2 N–H and O–H groups in total. The van der Waals surface area contributed by atoms with Crippen molar-refractivity contribution in [3.8, 4) is 11.6 Å². The SMILES string of the molecule is CCc1nn(C)c(OC)c1CNC(=O)c1cc(C)c(OCC(=O)O)c(C)c1. The van der Waals surface area contributed by atoms with E-state index in [0.29, 0.717) is 34.9 Å². The second-order valence-corrected chi connectivity index (χ2v) is 6.22. The fourth-order valence-corrected chi connectivity index (χ4v) is 3.04. The van der Waals surface area contributed by atoms with Crippen molar-refractivity contribution in [2.75, 3.05) is 13.7 Å². The molecule has 0 spiro atoms. The van der Waals surface area contributed by atoms with Gasteiger partial charge in [-0.1, -0.05) is 6.92 Å².